The van der Waals surface area contributed by atoms with Crippen LogP contribution in [0.4, 0.5) is 0 Å². The first-order valence-corrected chi connectivity index (χ1v) is 4.58. The van der Waals surface area contributed by atoms with Gasteiger partial charge in [0.25, 0.3) is 0 Å². The fourth-order valence-corrected chi connectivity index (χ4v) is 1.77. The monoisotopic (exact) mass is 182 g/mol. The minimum Gasteiger partial charge on any atom is -0.340 e. The Balaban J connectivity index is 2.16. The van der Waals surface area contributed by atoms with Crippen molar-refractivity contribution in [3.63, 3.8) is 0 Å². The number of hydrogen-bond acceptors (Lipinski definition) is 3. The average molecular weight is 182 g/mol. The molecule has 2 aliphatic heterocycles. The van der Waals surface area contributed by atoms with Crippen molar-refractivity contribution >= 4 is 5.78 Å². The van der Waals surface area contributed by atoms with E-state index in [0.29, 0.717) is 0 Å². The maximum absolute atomic E-state index is 10.9. The van der Waals surface area contributed by atoms with Crippen molar-refractivity contribution < 1.29 is 14.3 Å². The molecule has 2 rings (SSSR count). The first-order chi connectivity index (χ1) is 6.02. The third-order valence-electron chi connectivity index (χ3n) is 2.51. The second kappa shape index (κ2) is 2.66. The third kappa shape index (κ3) is 1.67. The molecule has 0 aromatic heterocycles. The molecule has 13 heavy (non-hydrogen) atoms. The van der Waals surface area contributed by atoms with Crippen molar-refractivity contribution in [1.82, 2.24) is 0 Å². The van der Waals surface area contributed by atoms with Gasteiger partial charge in [-0.3, -0.25) is 4.79 Å². The first-order valence-electron chi connectivity index (χ1n) is 4.58. The Morgan fingerprint density at radius 1 is 1.38 bits per heavy atom. The summed E-state index contributed by atoms with van der Waals surface area (Å²) in [5.74, 6) is -0.601. The van der Waals surface area contributed by atoms with E-state index < -0.39 is 5.79 Å². The Bertz CT molecular complexity index is 267. The molecule has 3 heteroatoms. The third-order valence-corrected chi connectivity index (χ3v) is 2.51. The average Bonchev–Trinajstić information content (AvgIpc) is 2.35. The molecule has 0 bridgehead atoms. The molecule has 2 aliphatic rings. The van der Waals surface area contributed by atoms with Gasteiger partial charge in [-0.25, -0.2) is 0 Å². The minimum atomic E-state index is -0.614. The zero-order valence-electron chi connectivity index (χ0n) is 8.00. The molecule has 1 atom stereocenters. The lowest BCUT2D eigenvalue weighted by Crippen LogP contribution is -2.37. The van der Waals surface area contributed by atoms with Gasteiger partial charge in [0, 0.05) is 6.42 Å². The van der Waals surface area contributed by atoms with Crippen LogP contribution < -0.4 is 0 Å². The summed E-state index contributed by atoms with van der Waals surface area (Å²) in [5, 5.41) is 0. The van der Waals surface area contributed by atoms with Crippen LogP contribution in [0.15, 0.2) is 12.2 Å². The van der Waals surface area contributed by atoms with Crippen LogP contribution in [0.5, 0.6) is 0 Å². The molecular weight excluding hydrogens is 168 g/mol. The summed E-state index contributed by atoms with van der Waals surface area (Å²) in [6, 6.07) is 0. The van der Waals surface area contributed by atoms with Gasteiger partial charge in [0.1, 0.15) is 6.61 Å². The molecule has 0 aromatic carbocycles. The molecule has 0 radical (unpaired) electrons. The van der Waals surface area contributed by atoms with Gasteiger partial charge < -0.3 is 9.47 Å². The van der Waals surface area contributed by atoms with E-state index in [-0.39, 0.29) is 18.0 Å². The standard InChI is InChI=1S/C10H14O3/c1-9(2)5-6-10(13-9)4-3-8(11)7-12-10/h3-4H,5-7H2,1-2H3/t10-/m1/s1. The quantitative estimate of drug-likeness (QED) is 0.568. The maximum Gasteiger partial charge on any atom is 0.189 e. The molecule has 1 fully saturated rings. The summed E-state index contributed by atoms with van der Waals surface area (Å²) in [4.78, 5) is 10.9. The smallest absolute Gasteiger partial charge is 0.189 e. The van der Waals surface area contributed by atoms with Crippen molar-refractivity contribution in [1.29, 1.82) is 0 Å². The van der Waals surface area contributed by atoms with Gasteiger partial charge in [-0.1, -0.05) is 0 Å². The van der Waals surface area contributed by atoms with Gasteiger partial charge in [-0.15, -0.1) is 0 Å². The normalized spacial score (nSPS) is 37.2. The Morgan fingerprint density at radius 3 is 2.62 bits per heavy atom. The Morgan fingerprint density at radius 2 is 2.15 bits per heavy atom. The van der Waals surface area contributed by atoms with Gasteiger partial charge >= 0.3 is 0 Å². The first kappa shape index (κ1) is 8.91. The Hall–Kier alpha value is -0.670. The number of carbonyl (C=O) groups is 1. The number of rotatable bonds is 0. The van der Waals surface area contributed by atoms with Crippen LogP contribution in [0.3, 0.4) is 0 Å². The summed E-state index contributed by atoms with van der Waals surface area (Å²) < 4.78 is 11.2. The van der Waals surface area contributed by atoms with E-state index in [1.165, 1.54) is 0 Å². The van der Waals surface area contributed by atoms with E-state index in [0.717, 1.165) is 12.8 Å². The summed E-state index contributed by atoms with van der Waals surface area (Å²) >= 11 is 0. The molecule has 0 aliphatic carbocycles. The largest absolute Gasteiger partial charge is 0.340 e. The van der Waals surface area contributed by atoms with Crippen molar-refractivity contribution in [3.8, 4) is 0 Å². The van der Waals surface area contributed by atoms with Gasteiger partial charge in [-0.05, 0) is 32.4 Å². The Kier molecular flexibility index (Phi) is 1.82. The SMILES string of the molecule is CC1(C)CC[C@@]2(C=CC(=O)CO2)O1. The van der Waals surface area contributed by atoms with Gasteiger partial charge in [0.15, 0.2) is 11.6 Å². The topological polar surface area (TPSA) is 35.5 Å². The fraction of sp³-hybridized carbons (Fsp3) is 0.700. The second-order valence-electron chi connectivity index (χ2n) is 4.26. The van der Waals surface area contributed by atoms with Crippen LogP contribution in [0.2, 0.25) is 0 Å². The van der Waals surface area contributed by atoms with Crippen molar-refractivity contribution in [2.45, 2.75) is 38.1 Å². The number of hydrogen-bond donors (Lipinski definition) is 0. The lowest BCUT2D eigenvalue weighted by molar-refractivity contribution is -0.216. The van der Waals surface area contributed by atoms with Crippen molar-refractivity contribution in [3.05, 3.63) is 12.2 Å². The van der Waals surface area contributed by atoms with E-state index in [9.17, 15) is 4.79 Å². The van der Waals surface area contributed by atoms with Gasteiger partial charge in [-0.2, -0.15) is 0 Å². The molecule has 2 heterocycles. The van der Waals surface area contributed by atoms with Crippen LogP contribution >= 0.6 is 0 Å². The fourth-order valence-electron chi connectivity index (χ4n) is 1.77. The predicted molar refractivity (Wildman–Crippen MR) is 47.2 cm³/mol. The van der Waals surface area contributed by atoms with Crippen molar-refractivity contribution in [2.24, 2.45) is 0 Å². The highest BCUT2D eigenvalue weighted by molar-refractivity contribution is 5.91. The lowest BCUT2D eigenvalue weighted by atomic mass is 10.0. The number of carbonyl (C=O) groups excluding carboxylic acids is 1. The van der Waals surface area contributed by atoms with Gasteiger partial charge in [0.2, 0.25) is 0 Å². The van der Waals surface area contributed by atoms with Crippen molar-refractivity contribution in [2.75, 3.05) is 6.61 Å². The van der Waals surface area contributed by atoms with Gasteiger partial charge in [0.05, 0.1) is 5.60 Å². The zero-order chi connectivity index (χ0) is 9.53. The van der Waals surface area contributed by atoms with E-state index in [1.807, 2.05) is 13.8 Å². The molecule has 1 saturated heterocycles. The zero-order valence-corrected chi connectivity index (χ0v) is 8.00. The number of ketones is 1. The van der Waals surface area contributed by atoms with Crippen LogP contribution in [-0.2, 0) is 14.3 Å². The van der Waals surface area contributed by atoms with E-state index in [1.54, 1.807) is 12.2 Å². The van der Waals surface area contributed by atoms with Crippen LogP contribution in [-0.4, -0.2) is 23.8 Å². The molecule has 0 aromatic rings. The summed E-state index contributed by atoms with van der Waals surface area (Å²) in [7, 11) is 0. The maximum atomic E-state index is 10.9. The molecular formula is C10H14O3. The number of ether oxygens (including phenoxy) is 2. The predicted octanol–water partition coefficient (Wildman–Crippen LogP) is 1.43. The van der Waals surface area contributed by atoms with Crippen LogP contribution in [0.25, 0.3) is 0 Å². The molecule has 0 amide bonds. The van der Waals surface area contributed by atoms with E-state index >= 15 is 0 Å². The molecule has 0 N–H and O–H groups in total. The Labute approximate surface area is 77.7 Å². The molecule has 0 saturated carbocycles. The van der Waals surface area contributed by atoms with Crippen LogP contribution in [0.1, 0.15) is 26.7 Å². The highest BCUT2D eigenvalue weighted by Crippen LogP contribution is 2.40. The minimum absolute atomic E-state index is 0.0129. The molecule has 0 unspecified atom stereocenters. The summed E-state index contributed by atoms with van der Waals surface area (Å²) in [5.41, 5.74) is -0.134. The second-order valence-corrected chi connectivity index (χ2v) is 4.26. The highest BCUT2D eigenvalue weighted by atomic mass is 16.7. The summed E-state index contributed by atoms with van der Waals surface area (Å²) in [6.45, 7) is 4.22. The lowest BCUT2D eigenvalue weighted by Gasteiger charge is -2.30. The molecule has 72 valence electrons. The molecule has 1 spiro atoms. The summed E-state index contributed by atoms with van der Waals surface area (Å²) in [6.07, 6.45) is 5.10. The highest BCUT2D eigenvalue weighted by Gasteiger charge is 2.45. The van der Waals surface area contributed by atoms with Crippen LogP contribution in [0, 0.1) is 0 Å². The van der Waals surface area contributed by atoms with E-state index in [4.69, 9.17) is 9.47 Å². The molecule has 3 nitrogen and oxygen atoms in total. The van der Waals surface area contributed by atoms with E-state index in [2.05, 4.69) is 0 Å².